The summed E-state index contributed by atoms with van der Waals surface area (Å²) >= 11 is 14.1. The van der Waals surface area contributed by atoms with Gasteiger partial charge in [0.15, 0.2) is 0 Å². The second-order valence-electron chi connectivity index (χ2n) is 19.8. The molecule has 0 aliphatic heterocycles. The average Bonchev–Trinajstić information content (AvgIpc) is 3.84. The second-order valence-corrected chi connectivity index (χ2v) is 21.9. The number of fused-ring (bicyclic) bond motifs is 5. The van der Waals surface area contributed by atoms with Gasteiger partial charge in [-0.3, -0.25) is 0 Å². The molecular weight excluding hydrogens is 823 g/mol. The van der Waals surface area contributed by atoms with Gasteiger partial charge in [0.2, 0.25) is 0 Å². The maximum Gasteiger partial charge on any atom is -0.172 e. The molecule has 0 bridgehead atoms. The number of hydrogen-bond acceptors (Lipinski definition) is 0. The standard InChI is InChI=1S/C29H41.C21H12Cl2.C5H5.Zr/c1-26(2,3)22-14-18-13-19-15-23(27(4,5)6)25(29(10,11)12)17-21(19)20(18)16-24(22)28(7,8)9;22-18-10-14-5-1-3-7-20(14)16(12-18)9-17-13-19(23)11-15-6-2-4-8-21(15)17;1-2-4-5-3-1;/h13-17H,1-12H3;1-8,10-13H;1-5H;/q-1;;-1;+2. The van der Waals surface area contributed by atoms with Gasteiger partial charge in [0, 0.05) is 0 Å². The molecule has 0 unspecified atom stereocenters. The zero-order valence-corrected chi connectivity index (χ0v) is 40.4. The quantitative estimate of drug-likeness (QED) is 0.152. The average molecular weight is 881 g/mol. The largest absolute Gasteiger partial charge is 0.214 e. The third-order valence-electron chi connectivity index (χ3n) is 11.0. The molecule has 0 amide bonds. The van der Waals surface area contributed by atoms with Gasteiger partial charge >= 0.3 is 166 Å². The molecule has 0 heterocycles. The molecule has 0 saturated heterocycles. The summed E-state index contributed by atoms with van der Waals surface area (Å²) in [5.74, 6) is 0. The number of rotatable bonds is 2. The molecule has 0 aliphatic carbocycles. The molecule has 0 atom stereocenters. The first-order valence-electron chi connectivity index (χ1n) is 20.4. The second kappa shape index (κ2) is 16.8. The van der Waals surface area contributed by atoms with Crippen LogP contribution in [0, 0.1) is 0 Å². The Morgan fingerprint density at radius 2 is 0.776 bits per heavy atom. The van der Waals surface area contributed by atoms with E-state index in [-0.39, 0.29) is 21.7 Å². The minimum Gasteiger partial charge on any atom is -0.214 e. The monoisotopic (exact) mass is 878 g/mol. The molecule has 3 heteroatoms. The van der Waals surface area contributed by atoms with Crippen LogP contribution in [0.1, 0.15) is 116 Å². The van der Waals surface area contributed by atoms with Crippen molar-refractivity contribution in [2.75, 3.05) is 0 Å². The van der Waals surface area contributed by atoms with Crippen LogP contribution in [-0.4, -0.2) is 3.21 Å². The Kier molecular flexibility index (Phi) is 12.7. The number of halogens is 2. The first-order valence-corrected chi connectivity index (χ1v) is 22.4. The molecule has 8 aromatic rings. The van der Waals surface area contributed by atoms with Gasteiger partial charge in [0.25, 0.3) is 0 Å². The molecule has 0 nitrogen and oxygen atoms in total. The first-order chi connectivity index (χ1) is 27.0. The van der Waals surface area contributed by atoms with Gasteiger partial charge < -0.3 is 0 Å². The van der Waals surface area contributed by atoms with E-state index in [1.807, 2.05) is 54.6 Å². The van der Waals surface area contributed by atoms with Crippen molar-refractivity contribution in [3.63, 3.8) is 0 Å². The molecule has 58 heavy (non-hydrogen) atoms. The Labute approximate surface area is 372 Å². The van der Waals surface area contributed by atoms with Gasteiger partial charge in [-0.1, -0.05) is 117 Å². The van der Waals surface area contributed by atoms with Crippen LogP contribution in [0.3, 0.4) is 0 Å². The minimum absolute atomic E-state index is 0.124. The van der Waals surface area contributed by atoms with Crippen LogP contribution in [0.4, 0.5) is 0 Å². The van der Waals surface area contributed by atoms with Gasteiger partial charge in [-0.25, -0.2) is 12.1 Å². The Morgan fingerprint density at radius 1 is 0.431 bits per heavy atom. The van der Waals surface area contributed by atoms with E-state index in [0.29, 0.717) is 0 Å². The van der Waals surface area contributed by atoms with E-state index < -0.39 is 0 Å². The molecule has 0 aliphatic rings. The summed E-state index contributed by atoms with van der Waals surface area (Å²) in [6, 6.07) is 47.2. The Bertz CT molecular complexity index is 2540. The number of benzene rings is 6. The summed E-state index contributed by atoms with van der Waals surface area (Å²) in [5, 5.41) is 11.8. The van der Waals surface area contributed by atoms with Crippen LogP contribution in [0.5, 0.6) is 0 Å². The maximum atomic E-state index is 6.38. The van der Waals surface area contributed by atoms with Gasteiger partial charge in [-0.05, 0) is 21.7 Å². The minimum atomic E-state index is 0.124. The maximum absolute atomic E-state index is 6.38. The van der Waals surface area contributed by atoms with Gasteiger partial charge in [-0.2, -0.15) is 18.2 Å². The van der Waals surface area contributed by atoms with Crippen molar-refractivity contribution in [1.82, 2.24) is 0 Å². The van der Waals surface area contributed by atoms with Crippen LogP contribution >= 0.6 is 23.2 Å². The fraction of sp³-hybridized carbons (Fsp3) is 0.291. The Balaban J connectivity index is 0.000000176. The van der Waals surface area contributed by atoms with Crippen molar-refractivity contribution >= 4 is 69.5 Å². The van der Waals surface area contributed by atoms with Gasteiger partial charge in [0.05, 0.1) is 0 Å². The predicted molar refractivity (Wildman–Crippen MR) is 255 cm³/mol. The summed E-state index contributed by atoms with van der Waals surface area (Å²) in [6.45, 7) is 28.0. The summed E-state index contributed by atoms with van der Waals surface area (Å²) in [6.07, 6.45) is 0. The molecule has 0 aromatic heterocycles. The van der Waals surface area contributed by atoms with Crippen molar-refractivity contribution < 1.29 is 24.2 Å². The predicted octanol–water partition coefficient (Wildman–Crippen LogP) is 16.7. The van der Waals surface area contributed by atoms with Crippen LogP contribution in [0.2, 0.25) is 10.0 Å². The molecule has 0 N–H and O–H groups in total. The van der Waals surface area contributed by atoms with Crippen LogP contribution in [0.15, 0.2) is 133 Å². The van der Waals surface area contributed by atoms with E-state index in [1.165, 1.54) is 93.1 Å². The van der Waals surface area contributed by atoms with Gasteiger partial charge in [-0.15, -0.1) is 39.7 Å². The van der Waals surface area contributed by atoms with E-state index in [1.54, 1.807) is 0 Å². The van der Waals surface area contributed by atoms with Crippen molar-refractivity contribution in [2.24, 2.45) is 0 Å². The summed E-state index contributed by atoms with van der Waals surface area (Å²) in [7, 11) is 0. The molecule has 0 saturated carbocycles. The fourth-order valence-corrected chi connectivity index (χ4v) is 9.49. The molecule has 8 aromatic carbocycles. The van der Waals surface area contributed by atoms with E-state index in [4.69, 9.17) is 23.2 Å². The SMILES string of the molecule is CC(C)(C)c1cc2[cH-]c3cc(C(C)(C)C)c(C(C)(C)C)cc3c2cc1C(C)(C)C.Clc1cc([C](=[Zr+2])c2cc(Cl)cc3ccccc23)c2ccccc2c1.c1cc[cH-]c1. The zero-order chi connectivity index (χ0) is 42.4. The van der Waals surface area contributed by atoms with E-state index >= 15 is 0 Å². The first kappa shape index (κ1) is 44.0. The van der Waals surface area contributed by atoms with Gasteiger partial charge in [0.1, 0.15) is 0 Å². The van der Waals surface area contributed by atoms with Crippen molar-refractivity contribution in [3.8, 4) is 0 Å². The fourth-order valence-electron chi connectivity index (χ4n) is 8.02. The normalized spacial score (nSPS) is 12.4. The summed E-state index contributed by atoms with van der Waals surface area (Å²) < 4.78 is 1.26. The van der Waals surface area contributed by atoms with E-state index in [2.05, 4.69) is 162 Å². The number of hydrogen-bond donors (Lipinski definition) is 0. The molecule has 0 fully saturated rings. The molecule has 0 radical (unpaired) electrons. The summed E-state index contributed by atoms with van der Waals surface area (Å²) in [4.78, 5) is 0. The van der Waals surface area contributed by atoms with Crippen molar-refractivity contribution in [2.45, 2.75) is 105 Å². The Hall–Kier alpha value is -3.61. The van der Waals surface area contributed by atoms with E-state index in [9.17, 15) is 0 Å². The van der Waals surface area contributed by atoms with Crippen LogP contribution in [-0.2, 0) is 45.9 Å². The smallest absolute Gasteiger partial charge is 0.172 e. The third-order valence-corrected chi connectivity index (χ3v) is 12.7. The zero-order valence-electron chi connectivity index (χ0n) is 36.5. The van der Waals surface area contributed by atoms with E-state index in [0.717, 1.165) is 20.8 Å². The van der Waals surface area contributed by atoms with Crippen LogP contribution < -0.4 is 0 Å². The summed E-state index contributed by atoms with van der Waals surface area (Å²) in [5.41, 5.74) is 8.77. The topological polar surface area (TPSA) is 0 Å². The molecular formula is C55H58Cl2Zr. The third kappa shape index (κ3) is 9.71. The Morgan fingerprint density at radius 3 is 1.10 bits per heavy atom. The van der Waals surface area contributed by atoms with Crippen LogP contribution in [0.25, 0.3) is 43.1 Å². The molecule has 296 valence electrons. The molecule has 0 spiro atoms. The van der Waals surface area contributed by atoms with Crippen molar-refractivity contribution in [3.05, 3.63) is 177 Å². The van der Waals surface area contributed by atoms with Crippen molar-refractivity contribution in [1.29, 1.82) is 0 Å². The molecule has 8 rings (SSSR count).